The number of primary amides is 1. The number of carbonyl (C=O) groups excluding carboxylic acids is 3. The molecule has 12 heteroatoms. The Kier molecular flexibility index (Phi) is 7.06. The quantitative estimate of drug-likeness (QED) is 0.461. The maximum absolute atomic E-state index is 13.8. The van der Waals surface area contributed by atoms with E-state index in [9.17, 15) is 27.6 Å². The van der Waals surface area contributed by atoms with E-state index in [1.165, 1.54) is 12.1 Å². The van der Waals surface area contributed by atoms with Gasteiger partial charge in [-0.05, 0) is 55.7 Å². The zero-order valence-corrected chi connectivity index (χ0v) is 20.7. The van der Waals surface area contributed by atoms with Crippen molar-refractivity contribution in [2.24, 2.45) is 16.9 Å². The fraction of sp³-hybridized carbons (Fsp3) is 0.520. The summed E-state index contributed by atoms with van der Waals surface area (Å²) in [5, 5.41) is 10.0. The normalized spacial score (nSPS) is 21.3. The van der Waals surface area contributed by atoms with E-state index >= 15 is 0 Å². The number of nitrogens with two attached hydrogens (primary N) is 2. The number of aromatic nitrogens is 2. The largest absolute Gasteiger partial charge is 0.435 e. The van der Waals surface area contributed by atoms with Crippen LogP contribution in [0.5, 0.6) is 0 Å². The molecule has 0 atom stereocenters. The fourth-order valence-electron chi connectivity index (χ4n) is 5.25. The lowest BCUT2D eigenvalue weighted by Crippen LogP contribution is -2.42. The number of hydrogen-bond acceptors (Lipinski definition) is 6. The molecule has 0 radical (unpaired) electrons. The second-order valence-electron chi connectivity index (χ2n) is 10.6. The molecule has 0 saturated heterocycles. The maximum Gasteiger partial charge on any atom is 0.435 e. The number of Topliss-reactive ketones (excluding diaryl/α,β-unsaturated/α-hetero) is 1. The van der Waals surface area contributed by atoms with Crippen LogP contribution in [0.4, 0.5) is 18.9 Å². The van der Waals surface area contributed by atoms with E-state index < -0.39 is 34.5 Å². The van der Waals surface area contributed by atoms with Gasteiger partial charge in [-0.25, -0.2) is 4.68 Å². The van der Waals surface area contributed by atoms with Gasteiger partial charge in [0.15, 0.2) is 11.5 Å². The van der Waals surface area contributed by atoms with Gasteiger partial charge in [0.05, 0.1) is 29.1 Å². The molecule has 0 unspecified atom stereocenters. The lowest BCUT2D eigenvalue weighted by atomic mass is 9.75. The summed E-state index contributed by atoms with van der Waals surface area (Å²) in [5.41, 5.74) is 9.86. The minimum atomic E-state index is -4.79. The molecule has 1 aromatic carbocycles. The SMILES string of the molecule is CC1(C)CC(=O)c2c(C(F)(F)F)nn(-c3ccc(C(N)=O)c(NC4CCC(NC(=O)CN)CC4)c3)c2C1. The number of nitrogens with zero attached hydrogens (tertiary/aromatic N) is 2. The first-order chi connectivity index (χ1) is 17.3. The van der Waals surface area contributed by atoms with Gasteiger partial charge in [-0.15, -0.1) is 0 Å². The second-order valence-corrected chi connectivity index (χ2v) is 10.6. The van der Waals surface area contributed by atoms with Crippen LogP contribution in [0.2, 0.25) is 0 Å². The highest BCUT2D eigenvalue weighted by Crippen LogP contribution is 2.42. The number of halogens is 3. The molecule has 1 fully saturated rings. The van der Waals surface area contributed by atoms with E-state index in [4.69, 9.17) is 11.5 Å². The number of hydrogen-bond donors (Lipinski definition) is 4. The summed E-state index contributed by atoms with van der Waals surface area (Å²) < 4.78 is 42.6. The minimum Gasteiger partial charge on any atom is -0.382 e. The lowest BCUT2D eigenvalue weighted by Gasteiger charge is -2.31. The summed E-state index contributed by atoms with van der Waals surface area (Å²) in [6, 6.07) is 4.43. The molecule has 0 aliphatic heterocycles. The lowest BCUT2D eigenvalue weighted by molar-refractivity contribution is -0.141. The number of nitrogens with one attached hydrogen (secondary N) is 2. The summed E-state index contributed by atoms with van der Waals surface area (Å²) in [6.07, 6.45) is -1.78. The molecule has 2 aliphatic carbocycles. The smallest absolute Gasteiger partial charge is 0.382 e. The van der Waals surface area contributed by atoms with E-state index in [0.29, 0.717) is 31.4 Å². The minimum absolute atomic E-state index is 0.00337. The van der Waals surface area contributed by atoms with Crippen molar-refractivity contribution in [1.29, 1.82) is 0 Å². The molecule has 0 spiro atoms. The molecular weight excluding hydrogens is 489 g/mol. The Morgan fingerprint density at radius 2 is 1.78 bits per heavy atom. The number of alkyl halides is 3. The molecule has 0 bridgehead atoms. The van der Waals surface area contributed by atoms with Crippen molar-refractivity contribution in [1.82, 2.24) is 15.1 Å². The number of amides is 2. The second kappa shape index (κ2) is 9.81. The van der Waals surface area contributed by atoms with Gasteiger partial charge in [0.1, 0.15) is 0 Å². The van der Waals surface area contributed by atoms with Crippen molar-refractivity contribution >= 4 is 23.3 Å². The molecule has 9 nitrogen and oxygen atoms in total. The van der Waals surface area contributed by atoms with Crippen molar-refractivity contribution < 1.29 is 27.6 Å². The van der Waals surface area contributed by atoms with Crippen LogP contribution in [0.25, 0.3) is 5.69 Å². The van der Waals surface area contributed by atoms with Crippen LogP contribution in [-0.2, 0) is 17.4 Å². The molecule has 2 aromatic rings. The summed E-state index contributed by atoms with van der Waals surface area (Å²) >= 11 is 0. The van der Waals surface area contributed by atoms with Crippen molar-refractivity contribution in [3.05, 3.63) is 40.7 Å². The van der Waals surface area contributed by atoms with Gasteiger partial charge < -0.3 is 22.1 Å². The molecule has 1 aromatic heterocycles. The average Bonchev–Trinajstić information content (AvgIpc) is 3.19. The van der Waals surface area contributed by atoms with E-state index in [0.717, 1.165) is 4.68 Å². The van der Waals surface area contributed by atoms with Gasteiger partial charge in [-0.2, -0.15) is 18.3 Å². The summed E-state index contributed by atoms with van der Waals surface area (Å²) in [5.74, 6) is -1.49. The number of fused-ring (bicyclic) bond motifs is 1. The van der Waals surface area contributed by atoms with Gasteiger partial charge in [0.2, 0.25) is 5.91 Å². The van der Waals surface area contributed by atoms with Crippen LogP contribution in [0.15, 0.2) is 18.2 Å². The van der Waals surface area contributed by atoms with Crippen molar-refractivity contribution in [2.45, 2.75) is 70.6 Å². The zero-order chi connectivity index (χ0) is 27.1. The molecule has 1 saturated carbocycles. The first kappa shape index (κ1) is 26.6. The highest BCUT2D eigenvalue weighted by atomic mass is 19.4. The third kappa shape index (κ3) is 5.63. The van der Waals surface area contributed by atoms with E-state index in [1.54, 1.807) is 6.07 Å². The predicted molar refractivity (Wildman–Crippen MR) is 130 cm³/mol. The van der Waals surface area contributed by atoms with E-state index in [1.807, 2.05) is 13.8 Å². The highest BCUT2D eigenvalue weighted by molar-refractivity contribution is 6.00. The van der Waals surface area contributed by atoms with Crippen LogP contribution in [0, 0.1) is 5.41 Å². The predicted octanol–water partition coefficient (Wildman–Crippen LogP) is 2.94. The van der Waals surface area contributed by atoms with Gasteiger partial charge in [0, 0.05) is 24.2 Å². The zero-order valence-electron chi connectivity index (χ0n) is 20.7. The summed E-state index contributed by atoms with van der Waals surface area (Å²) in [7, 11) is 0. The monoisotopic (exact) mass is 520 g/mol. The van der Waals surface area contributed by atoms with Gasteiger partial charge >= 0.3 is 6.18 Å². The highest BCUT2D eigenvalue weighted by Gasteiger charge is 2.45. The number of benzene rings is 1. The fourth-order valence-corrected chi connectivity index (χ4v) is 5.25. The molecule has 2 aliphatic rings. The number of rotatable bonds is 6. The Labute approximate surface area is 212 Å². The van der Waals surface area contributed by atoms with E-state index in [2.05, 4.69) is 15.7 Å². The third-order valence-corrected chi connectivity index (χ3v) is 6.96. The Morgan fingerprint density at radius 3 is 2.38 bits per heavy atom. The van der Waals surface area contributed by atoms with Crippen molar-refractivity contribution in [3.8, 4) is 5.69 Å². The molecule has 4 rings (SSSR count). The van der Waals surface area contributed by atoms with Crippen LogP contribution < -0.4 is 22.1 Å². The molecule has 200 valence electrons. The third-order valence-electron chi connectivity index (χ3n) is 6.96. The van der Waals surface area contributed by atoms with Crippen molar-refractivity contribution in [2.75, 3.05) is 11.9 Å². The maximum atomic E-state index is 13.8. The molecular formula is C25H31F3N6O3. The Morgan fingerprint density at radius 1 is 1.14 bits per heavy atom. The van der Waals surface area contributed by atoms with Crippen LogP contribution in [0.3, 0.4) is 0 Å². The van der Waals surface area contributed by atoms with Crippen molar-refractivity contribution in [3.63, 3.8) is 0 Å². The van der Waals surface area contributed by atoms with Crippen LogP contribution in [-0.4, -0.2) is 46.0 Å². The average molecular weight is 521 g/mol. The Balaban J connectivity index is 1.68. The first-order valence-electron chi connectivity index (χ1n) is 12.2. The summed E-state index contributed by atoms with van der Waals surface area (Å²) in [6.45, 7) is 3.57. The molecule has 1 heterocycles. The standard InChI is InChI=1S/C25H31F3N6O3/c1-24(2)10-18-21(19(35)11-24)22(25(26,27)28)33-34(18)15-7-8-16(23(30)37)17(9-15)31-13-3-5-14(6-4-13)32-20(36)12-29/h7-9,13-14,31H,3-6,10-12,29H2,1-2H3,(H2,30,37)(H,32,36). The molecule has 37 heavy (non-hydrogen) atoms. The van der Waals surface area contributed by atoms with Crippen LogP contribution in [0.1, 0.15) is 78.1 Å². The number of carbonyl (C=O) groups is 3. The molecule has 6 N–H and O–H groups in total. The topological polar surface area (TPSA) is 145 Å². The molecule has 2 amide bonds. The number of ketones is 1. The van der Waals surface area contributed by atoms with E-state index in [-0.39, 0.29) is 54.3 Å². The summed E-state index contributed by atoms with van der Waals surface area (Å²) in [4.78, 5) is 36.4. The van der Waals surface area contributed by atoms with Gasteiger partial charge in [-0.3, -0.25) is 14.4 Å². The number of anilines is 1. The first-order valence-corrected chi connectivity index (χ1v) is 12.2. The van der Waals surface area contributed by atoms with Crippen LogP contribution >= 0.6 is 0 Å². The van der Waals surface area contributed by atoms with Gasteiger partial charge in [-0.1, -0.05) is 13.8 Å². The Hall–Kier alpha value is -3.41. The Bertz CT molecular complexity index is 1230. The van der Waals surface area contributed by atoms with Gasteiger partial charge in [0.25, 0.3) is 5.91 Å².